The molecule has 5 heteroatoms. The van der Waals surface area contributed by atoms with Crippen molar-refractivity contribution in [2.24, 2.45) is 0 Å². The molecule has 0 heterocycles. The summed E-state index contributed by atoms with van der Waals surface area (Å²) in [7, 11) is 0. The summed E-state index contributed by atoms with van der Waals surface area (Å²) in [6, 6.07) is 0. The lowest BCUT2D eigenvalue weighted by molar-refractivity contribution is -0.161. The molecule has 222 valence electrons. The van der Waals surface area contributed by atoms with Gasteiger partial charge >= 0.3 is 11.9 Å². The maximum atomic E-state index is 12.0. The number of hydrogen-bond acceptors (Lipinski definition) is 5. The first-order valence-corrected chi connectivity index (χ1v) is 15.3. The van der Waals surface area contributed by atoms with Gasteiger partial charge in [0.15, 0.2) is 6.10 Å². The van der Waals surface area contributed by atoms with Gasteiger partial charge in [-0.3, -0.25) is 9.59 Å². The second-order valence-electron chi connectivity index (χ2n) is 9.79. The van der Waals surface area contributed by atoms with E-state index in [2.05, 4.69) is 74.6 Å². The van der Waals surface area contributed by atoms with Gasteiger partial charge in [0.25, 0.3) is 0 Å². The van der Waals surface area contributed by atoms with Crippen LogP contribution in [0.25, 0.3) is 0 Å². The van der Waals surface area contributed by atoms with E-state index in [0.717, 1.165) is 77.0 Å². The molecule has 0 aromatic heterocycles. The Morgan fingerprint density at radius 2 is 1.10 bits per heavy atom. The maximum Gasteiger partial charge on any atom is 0.306 e. The number of unbranched alkanes of at least 4 members (excludes halogenated alkanes) is 8. The summed E-state index contributed by atoms with van der Waals surface area (Å²) in [6.45, 7) is 3.88. The van der Waals surface area contributed by atoms with Crippen LogP contribution in [-0.2, 0) is 19.1 Å². The minimum atomic E-state index is -0.795. The van der Waals surface area contributed by atoms with Crippen molar-refractivity contribution >= 4 is 11.9 Å². The van der Waals surface area contributed by atoms with Gasteiger partial charge in [0, 0.05) is 12.8 Å². The fourth-order valence-corrected chi connectivity index (χ4v) is 3.72. The molecule has 0 saturated carbocycles. The molecule has 0 aromatic rings. The number of carbonyl (C=O) groups excluding carboxylic acids is 2. The molecule has 0 saturated heterocycles. The van der Waals surface area contributed by atoms with Crippen LogP contribution in [0, 0.1) is 0 Å². The zero-order valence-corrected chi connectivity index (χ0v) is 24.9. The van der Waals surface area contributed by atoms with Gasteiger partial charge in [-0.25, -0.2) is 0 Å². The van der Waals surface area contributed by atoms with Crippen molar-refractivity contribution in [3.63, 3.8) is 0 Å². The number of rotatable bonds is 26. The third kappa shape index (κ3) is 28.4. The van der Waals surface area contributed by atoms with Crippen molar-refractivity contribution in [1.29, 1.82) is 0 Å². The second kappa shape index (κ2) is 30.1. The van der Waals surface area contributed by atoms with E-state index >= 15 is 0 Å². The Kier molecular flexibility index (Phi) is 28.3. The average Bonchev–Trinajstić information content (AvgIpc) is 2.94. The molecular formula is C34H56O5. The van der Waals surface area contributed by atoms with Crippen molar-refractivity contribution in [2.75, 3.05) is 13.2 Å². The van der Waals surface area contributed by atoms with Crippen LogP contribution >= 0.6 is 0 Å². The Balaban J connectivity index is 3.73. The number of hydrogen-bond donors (Lipinski definition) is 1. The molecule has 0 amide bonds. The van der Waals surface area contributed by atoms with Crippen LogP contribution < -0.4 is 0 Å². The highest BCUT2D eigenvalue weighted by Gasteiger charge is 2.15. The second-order valence-corrected chi connectivity index (χ2v) is 9.79. The third-order valence-electron chi connectivity index (χ3n) is 6.03. The highest BCUT2D eigenvalue weighted by Crippen LogP contribution is 2.09. The van der Waals surface area contributed by atoms with Gasteiger partial charge in [0.2, 0.25) is 0 Å². The molecule has 0 aliphatic carbocycles. The number of ether oxygens (including phenoxy) is 2. The van der Waals surface area contributed by atoms with Gasteiger partial charge in [0.1, 0.15) is 6.61 Å². The normalized spacial score (nSPS) is 13.0. The Hall–Kier alpha value is -2.40. The first-order valence-electron chi connectivity index (χ1n) is 15.3. The molecule has 0 radical (unpaired) electrons. The largest absolute Gasteiger partial charge is 0.462 e. The zero-order chi connectivity index (χ0) is 28.7. The molecule has 0 aromatic carbocycles. The fraction of sp³-hybridized carbons (Fsp3) is 0.647. The molecule has 0 bridgehead atoms. The van der Waals surface area contributed by atoms with E-state index in [9.17, 15) is 14.7 Å². The minimum Gasteiger partial charge on any atom is -0.462 e. The van der Waals surface area contributed by atoms with Crippen LogP contribution in [-0.4, -0.2) is 36.4 Å². The average molecular weight is 545 g/mol. The van der Waals surface area contributed by atoms with Crippen LogP contribution in [0.15, 0.2) is 60.8 Å². The van der Waals surface area contributed by atoms with Crippen LogP contribution in [0.4, 0.5) is 0 Å². The molecule has 1 unspecified atom stereocenters. The maximum absolute atomic E-state index is 12.0. The fourth-order valence-electron chi connectivity index (χ4n) is 3.72. The highest BCUT2D eigenvalue weighted by atomic mass is 16.6. The minimum absolute atomic E-state index is 0.0902. The number of allylic oxidation sites excluding steroid dienone is 10. The molecule has 1 atom stereocenters. The standard InChI is InChI=1S/C34H56O5/c1-3-5-7-9-11-13-15-16-17-18-19-21-23-25-27-29-34(37)39-32(30-35)31-38-33(36)28-26-24-22-20-14-12-10-8-6-4-2/h5,7-8,10-11,13,16-17,19,21,32,35H,3-4,6,9,12,14-15,18,20,22-31H2,1-2H3/b7-5-,10-8-,13-11-,17-16-,21-19-. The lowest BCUT2D eigenvalue weighted by Crippen LogP contribution is -2.28. The van der Waals surface area contributed by atoms with E-state index < -0.39 is 6.10 Å². The van der Waals surface area contributed by atoms with E-state index in [1.807, 2.05) is 0 Å². The summed E-state index contributed by atoms with van der Waals surface area (Å²) in [4.78, 5) is 24.0. The Morgan fingerprint density at radius 3 is 1.74 bits per heavy atom. The van der Waals surface area contributed by atoms with Crippen LogP contribution in [0.2, 0.25) is 0 Å². The number of carbonyl (C=O) groups is 2. The molecule has 0 rings (SSSR count). The van der Waals surface area contributed by atoms with Crippen molar-refractivity contribution in [3.05, 3.63) is 60.8 Å². The third-order valence-corrected chi connectivity index (χ3v) is 6.03. The number of esters is 2. The van der Waals surface area contributed by atoms with Gasteiger partial charge in [0.05, 0.1) is 6.61 Å². The summed E-state index contributed by atoms with van der Waals surface area (Å²) >= 11 is 0. The zero-order valence-electron chi connectivity index (χ0n) is 24.9. The molecular weight excluding hydrogens is 488 g/mol. The highest BCUT2D eigenvalue weighted by molar-refractivity contribution is 5.70. The lowest BCUT2D eigenvalue weighted by Gasteiger charge is -2.15. The van der Waals surface area contributed by atoms with Crippen molar-refractivity contribution in [3.8, 4) is 0 Å². The first-order chi connectivity index (χ1) is 19.1. The molecule has 5 nitrogen and oxygen atoms in total. The van der Waals surface area contributed by atoms with Gasteiger partial charge in [-0.15, -0.1) is 0 Å². The monoisotopic (exact) mass is 544 g/mol. The van der Waals surface area contributed by atoms with E-state index in [4.69, 9.17) is 9.47 Å². The van der Waals surface area contributed by atoms with E-state index in [-0.39, 0.29) is 25.2 Å². The molecule has 0 spiro atoms. The SMILES string of the molecule is CC/C=C\C/C=C\C/C=C\C/C=C\CCCCC(=O)OC(CO)COC(=O)CCCCCCC/C=C\CCC. The first kappa shape index (κ1) is 36.6. The smallest absolute Gasteiger partial charge is 0.306 e. The quantitative estimate of drug-likeness (QED) is 0.0669. The lowest BCUT2D eigenvalue weighted by atomic mass is 10.1. The molecule has 0 aliphatic heterocycles. The summed E-state index contributed by atoms with van der Waals surface area (Å²) in [5.41, 5.74) is 0. The predicted molar refractivity (Wildman–Crippen MR) is 163 cm³/mol. The van der Waals surface area contributed by atoms with Crippen LogP contribution in [0.3, 0.4) is 0 Å². The molecule has 39 heavy (non-hydrogen) atoms. The Labute approximate surface area is 239 Å². The summed E-state index contributed by atoms with van der Waals surface area (Å²) in [5, 5.41) is 9.46. The van der Waals surface area contributed by atoms with Gasteiger partial charge in [-0.1, -0.05) is 100 Å². The van der Waals surface area contributed by atoms with Crippen molar-refractivity contribution in [2.45, 2.75) is 129 Å². The van der Waals surface area contributed by atoms with E-state index in [0.29, 0.717) is 12.8 Å². The Bertz CT molecular complexity index is 717. The van der Waals surface area contributed by atoms with Crippen molar-refractivity contribution < 1.29 is 24.2 Å². The summed E-state index contributed by atoms with van der Waals surface area (Å²) in [5.74, 6) is -0.662. The van der Waals surface area contributed by atoms with Crippen molar-refractivity contribution in [1.82, 2.24) is 0 Å². The molecule has 0 aliphatic rings. The van der Waals surface area contributed by atoms with E-state index in [1.165, 1.54) is 19.3 Å². The van der Waals surface area contributed by atoms with E-state index in [1.54, 1.807) is 0 Å². The summed E-state index contributed by atoms with van der Waals surface area (Å²) < 4.78 is 10.5. The topological polar surface area (TPSA) is 72.8 Å². The van der Waals surface area contributed by atoms with Gasteiger partial charge in [-0.05, 0) is 70.6 Å². The molecule has 1 N–H and O–H groups in total. The number of aliphatic hydroxyl groups excluding tert-OH is 1. The molecule has 0 fully saturated rings. The van der Waals surface area contributed by atoms with Crippen LogP contribution in [0.1, 0.15) is 123 Å². The predicted octanol–water partition coefficient (Wildman–Crippen LogP) is 8.89. The Morgan fingerprint density at radius 1 is 0.615 bits per heavy atom. The van der Waals surface area contributed by atoms with Gasteiger partial charge in [-0.2, -0.15) is 0 Å². The number of aliphatic hydroxyl groups is 1. The van der Waals surface area contributed by atoms with Crippen LogP contribution in [0.5, 0.6) is 0 Å². The van der Waals surface area contributed by atoms with Gasteiger partial charge < -0.3 is 14.6 Å². The summed E-state index contributed by atoms with van der Waals surface area (Å²) in [6.07, 6.45) is 37.0.